The van der Waals surface area contributed by atoms with Gasteiger partial charge in [0.05, 0.1) is 18.6 Å². The second-order valence-electron chi connectivity index (χ2n) is 6.76. The third-order valence-corrected chi connectivity index (χ3v) is 5.55. The SMILES string of the molecule is COc1cc(CN2C(=O)NC(C)(c3cccc(C(N)=O)c3)C2=O)ccc1SC(F)F. The van der Waals surface area contributed by atoms with Crippen molar-refractivity contribution >= 4 is 29.6 Å². The summed E-state index contributed by atoms with van der Waals surface area (Å²) in [6.07, 6.45) is 0. The highest BCUT2D eigenvalue weighted by Crippen LogP contribution is 2.35. The Balaban J connectivity index is 1.87. The molecule has 0 spiro atoms. The Hall–Kier alpha value is -3.14. The highest BCUT2D eigenvalue weighted by Gasteiger charge is 2.49. The number of carbonyl (C=O) groups is 3. The van der Waals surface area contributed by atoms with E-state index in [4.69, 9.17) is 10.5 Å². The number of primary amides is 1. The zero-order chi connectivity index (χ0) is 22.1. The van der Waals surface area contributed by atoms with Crippen LogP contribution in [0.5, 0.6) is 5.75 Å². The molecule has 0 bridgehead atoms. The fourth-order valence-corrected chi connectivity index (χ4v) is 3.80. The summed E-state index contributed by atoms with van der Waals surface area (Å²) in [5.41, 5.74) is 5.09. The minimum atomic E-state index is -2.60. The molecule has 0 saturated carbocycles. The molecule has 1 unspecified atom stereocenters. The number of hydrogen-bond donors (Lipinski definition) is 2. The first kappa shape index (κ1) is 21.6. The van der Waals surface area contributed by atoms with Crippen LogP contribution in [0, 0.1) is 0 Å². The van der Waals surface area contributed by atoms with Crippen molar-refractivity contribution in [3.8, 4) is 5.75 Å². The lowest BCUT2D eigenvalue weighted by molar-refractivity contribution is -0.131. The van der Waals surface area contributed by atoms with E-state index in [0.29, 0.717) is 22.9 Å². The van der Waals surface area contributed by atoms with Crippen LogP contribution in [0.4, 0.5) is 13.6 Å². The van der Waals surface area contributed by atoms with Crippen LogP contribution in [0.15, 0.2) is 47.4 Å². The lowest BCUT2D eigenvalue weighted by Crippen LogP contribution is -2.41. The number of rotatable bonds is 7. The first-order chi connectivity index (χ1) is 14.2. The van der Waals surface area contributed by atoms with Gasteiger partial charge in [-0.05, 0) is 42.3 Å². The summed E-state index contributed by atoms with van der Waals surface area (Å²) in [6.45, 7) is 1.46. The van der Waals surface area contributed by atoms with Crippen LogP contribution < -0.4 is 15.8 Å². The Labute approximate surface area is 175 Å². The van der Waals surface area contributed by atoms with E-state index in [1.54, 1.807) is 18.2 Å². The van der Waals surface area contributed by atoms with Gasteiger partial charge in [0, 0.05) is 5.56 Å². The molecule has 158 valence electrons. The molecular weight excluding hydrogens is 416 g/mol. The van der Waals surface area contributed by atoms with E-state index < -0.39 is 29.1 Å². The molecule has 30 heavy (non-hydrogen) atoms. The predicted octanol–water partition coefficient (Wildman–Crippen LogP) is 3.08. The number of nitrogens with two attached hydrogens (primary N) is 1. The standard InChI is InChI=1S/C20H19F2N3O4S/c1-20(13-5-3-4-12(9-13)16(23)26)17(27)25(19(28)24-20)10-11-6-7-15(30-18(21)22)14(8-11)29-2/h3-9,18H,10H2,1-2H3,(H2,23,26)(H,24,28). The van der Waals surface area contributed by atoms with E-state index in [2.05, 4.69) is 5.32 Å². The highest BCUT2D eigenvalue weighted by atomic mass is 32.2. The number of imide groups is 1. The number of benzene rings is 2. The van der Waals surface area contributed by atoms with Gasteiger partial charge < -0.3 is 15.8 Å². The van der Waals surface area contributed by atoms with Crippen molar-refractivity contribution in [3.05, 3.63) is 59.2 Å². The van der Waals surface area contributed by atoms with Gasteiger partial charge >= 0.3 is 6.03 Å². The fourth-order valence-electron chi connectivity index (χ4n) is 3.21. The minimum Gasteiger partial charge on any atom is -0.496 e. The molecule has 1 atom stereocenters. The van der Waals surface area contributed by atoms with Crippen molar-refractivity contribution in [3.63, 3.8) is 0 Å². The molecule has 2 aromatic carbocycles. The maximum absolute atomic E-state index is 13.1. The third-order valence-electron chi connectivity index (χ3n) is 4.78. The first-order valence-corrected chi connectivity index (χ1v) is 9.70. The van der Waals surface area contributed by atoms with Gasteiger partial charge in [0.15, 0.2) is 0 Å². The van der Waals surface area contributed by atoms with Crippen LogP contribution in [-0.2, 0) is 16.9 Å². The van der Waals surface area contributed by atoms with Gasteiger partial charge in [0.2, 0.25) is 5.91 Å². The van der Waals surface area contributed by atoms with Crippen molar-refractivity contribution in [1.29, 1.82) is 0 Å². The first-order valence-electron chi connectivity index (χ1n) is 8.82. The van der Waals surface area contributed by atoms with Gasteiger partial charge in [0.25, 0.3) is 11.7 Å². The van der Waals surface area contributed by atoms with Crippen molar-refractivity contribution in [2.75, 3.05) is 7.11 Å². The Morgan fingerprint density at radius 2 is 2.00 bits per heavy atom. The van der Waals surface area contributed by atoms with Crippen LogP contribution in [-0.4, -0.2) is 35.6 Å². The fraction of sp³-hybridized carbons (Fsp3) is 0.250. The summed E-state index contributed by atoms with van der Waals surface area (Å²) in [6, 6.07) is 10.1. The smallest absolute Gasteiger partial charge is 0.325 e. The third kappa shape index (κ3) is 4.09. The maximum Gasteiger partial charge on any atom is 0.325 e. The van der Waals surface area contributed by atoms with Gasteiger partial charge in [-0.3, -0.25) is 14.5 Å². The number of alkyl halides is 2. The van der Waals surface area contributed by atoms with Gasteiger partial charge in [-0.25, -0.2) is 4.79 Å². The van der Waals surface area contributed by atoms with Gasteiger partial charge in [-0.15, -0.1) is 0 Å². The highest BCUT2D eigenvalue weighted by molar-refractivity contribution is 7.99. The summed E-state index contributed by atoms with van der Waals surface area (Å²) in [5, 5.41) is 2.65. The molecule has 4 amide bonds. The number of amides is 4. The van der Waals surface area contributed by atoms with Crippen LogP contribution >= 0.6 is 11.8 Å². The Morgan fingerprint density at radius 1 is 1.27 bits per heavy atom. The molecule has 3 N–H and O–H groups in total. The predicted molar refractivity (Wildman–Crippen MR) is 106 cm³/mol. The Bertz CT molecular complexity index is 1020. The van der Waals surface area contributed by atoms with Crippen molar-refractivity contribution in [2.24, 2.45) is 5.73 Å². The lowest BCUT2D eigenvalue weighted by atomic mass is 9.90. The van der Waals surface area contributed by atoms with Crippen molar-refractivity contribution in [2.45, 2.75) is 29.7 Å². The number of thioether (sulfide) groups is 1. The molecule has 1 fully saturated rings. The average molecular weight is 435 g/mol. The molecule has 2 aromatic rings. The molecule has 0 radical (unpaired) electrons. The second-order valence-corrected chi connectivity index (χ2v) is 7.79. The average Bonchev–Trinajstić information content (AvgIpc) is 2.92. The van der Waals surface area contributed by atoms with Crippen molar-refractivity contribution < 1.29 is 27.9 Å². The van der Waals surface area contributed by atoms with E-state index in [9.17, 15) is 23.2 Å². The summed E-state index contributed by atoms with van der Waals surface area (Å²) in [4.78, 5) is 38.3. The Morgan fingerprint density at radius 3 is 2.63 bits per heavy atom. The number of ether oxygens (including phenoxy) is 1. The molecule has 0 aromatic heterocycles. The van der Waals surface area contributed by atoms with Crippen LogP contribution in [0.2, 0.25) is 0 Å². The second kappa shape index (κ2) is 8.31. The summed E-state index contributed by atoms with van der Waals surface area (Å²) in [7, 11) is 1.35. The van der Waals surface area contributed by atoms with E-state index >= 15 is 0 Å². The van der Waals surface area contributed by atoms with E-state index in [1.807, 2.05) is 0 Å². The van der Waals surface area contributed by atoms with Crippen molar-refractivity contribution in [1.82, 2.24) is 10.2 Å². The van der Waals surface area contributed by atoms with E-state index in [0.717, 1.165) is 4.90 Å². The minimum absolute atomic E-state index is 0.0776. The lowest BCUT2D eigenvalue weighted by Gasteiger charge is -2.23. The van der Waals surface area contributed by atoms with Crippen LogP contribution in [0.25, 0.3) is 0 Å². The quantitative estimate of drug-likeness (QED) is 0.514. The molecule has 1 saturated heterocycles. The normalized spacial score (nSPS) is 18.6. The summed E-state index contributed by atoms with van der Waals surface area (Å²) in [5.74, 6) is -3.55. The largest absolute Gasteiger partial charge is 0.496 e. The number of urea groups is 1. The Kier molecular flexibility index (Phi) is 5.97. The molecule has 1 heterocycles. The van der Waals surface area contributed by atoms with Gasteiger partial charge in [-0.2, -0.15) is 8.78 Å². The van der Waals surface area contributed by atoms with E-state index in [1.165, 1.54) is 38.3 Å². The number of hydrogen-bond acceptors (Lipinski definition) is 5. The molecule has 1 aliphatic heterocycles. The molecule has 10 heteroatoms. The number of carbonyl (C=O) groups excluding carboxylic acids is 3. The monoisotopic (exact) mass is 435 g/mol. The number of halogens is 2. The number of methoxy groups -OCH3 is 1. The molecule has 0 aliphatic carbocycles. The molecule has 7 nitrogen and oxygen atoms in total. The molecule has 1 aliphatic rings. The molecule has 3 rings (SSSR count). The maximum atomic E-state index is 13.1. The molecular formula is C20H19F2N3O4S. The number of nitrogens with one attached hydrogen (secondary N) is 1. The summed E-state index contributed by atoms with van der Waals surface area (Å²) < 4.78 is 30.5. The topological polar surface area (TPSA) is 102 Å². The van der Waals surface area contributed by atoms with E-state index in [-0.39, 0.29) is 22.8 Å². The van der Waals surface area contributed by atoms with Gasteiger partial charge in [0.1, 0.15) is 11.3 Å². The van der Waals surface area contributed by atoms with Crippen LogP contribution in [0.3, 0.4) is 0 Å². The number of nitrogens with zero attached hydrogens (tertiary/aromatic N) is 1. The summed E-state index contributed by atoms with van der Waals surface area (Å²) >= 11 is 0.347. The van der Waals surface area contributed by atoms with Gasteiger partial charge in [-0.1, -0.05) is 30.0 Å². The zero-order valence-electron chi connectivity index (χ0n) is 16.1. The zero-order valence-corrected chi connectivity index (χ0v) is 17.0. The van der Waals surface area contributed by atoms with Crippen LogP contribution in [0.1, 0.15) is 28.4 Å².